The molecule has 0 aliphatic heterocycles. The van der Waals surface area contributed by atoms with Crippen LogP contribution in [0.5, 0.6) is 0 Å². The van der Waals surface area contributed by atoms with Crippen LogP contribution in [0, 0.1) is 5.41 Å². The summed E-state index contributed by atoms with van der Waals surface area (Å²) < 4.78 is 0. The van der Waals surface area contributed by atoms with E-state index in [1.165, 1.54) is 11.1 Å². The van der Waals surface area contributed by atoms with E-state index in [0.29, 0.717) is 0 Å². The van der Waals surface area contributed by atoms with Gasteiger partial charge in [0.05, 0.1) is 0 Å². The highest BCUT2D eigenvalue weighted by molar-refractivity contribution is 5.27. The van der Waals surface area contributed by atoms with Crippen LogP contribution in [0.3, 0.4) is 0 Å². The molecule has 0 saturated carbocycles. The lowest BCUT2D eigenvalue weighted by Crippen LogP contribution is -2.09. The molecular formula is C15H26. The molecule has 0 spiro atoms. The van der Waals surface area contributed by atoms with Crippen molar-refractivity contribution in [1.82, 2.24) is 0 Å². The van der Waals surface area contributed by atoms with Crippen molar-refractivity contribution in [2.24, 2.45) is 5.41 Å². The first kappa shape index (κ1) is 14.2. The lowest BCUT2D eigenvalue weighted by molar-refractivity contribution is 0.417. The second kappa shape index (κ2) is 6.66. The van der Waals surface area contributed by atoms with Crippen LogP contribution < -0.4 is 0 Å². The van der Waals surface area contributed by atoms with Gasteiger partial charge in [-0.1, -0.05) is 52.0 Å². The molecule has 0 amide bonds. The molecule has 0 heteroatoms. The van der Waals surface area contributed by atoms with Gasteiger partial charge < -0.3 is 0 Å². The van der Waals surface area contributed by atoms with E-state index in [-0.39, 0.29) is 5.41 Å². The summed E-state index contributed by atoms with van der Waals surface area (Å²) in [7, 11) is 0. The lowest BCUT2D eigenvalue weighted by Gasteiger charge is -2.22. The molecule has 0 bridgehead atoms. The predicted molar refractivity (Wildman–Crippen MR) is 71.0 cm³/mol. The molecule has 0 aliphatic carbocycles. The maximum Gasteiger partial charge on any atom is -0.0117 e. The second-order valence-electron chi connectivity index (χ2n) is 4.46. The Morgan fingerprint density at radius 1 is 1.20 bits per heavy atom. The van der Waals surface area contributed by atoms with Crippen LogP contribution >= 0.6 is 0 Å². The summed E-state index contributed by atoms with van der Waals surface area (Å²) in [5.74, 6) is 0. The molecule has 0 heterocycles. The third kappa shape index (κ3) is 4.51. The Morgan fingerprint density at radius 2 is 1.80 bits per heavy atom. The van der Waals surface area contributed by atoms with Crippen molar-refractivity contribution in [2.45, 2.75) is 53.4 Å². The van der Waals surface area contributed by atoms with Crippen LogP contribution in [-0.2, 0) is 0 Å². The largest absolute Gasteiger partial charge is 0.103 e. The quantitative estimate of drug-likeness (QED) is 0.392. The maximum absolute atomic E-state index is 4.10. The minimum absolute atomic E-state index is 0.244. The molecule has 0 aromatic heterocycles. The van der Waals surface area contributed by atoms with E-state index in [1.807, 2.05) is 0 Å². The first-order valence-electron chi connectivity index (χ1n) is 6.03. The summed E-state index contributed by atoms with van der Waals surface area (Å²) in [6.07, 6.45) is 8.78. The van der Waals surface area contributed by atoms with Crippen molar-refractivity contribution in [1.29, 1.82) is 0 Å². The Hall–Kier alpha value is -0.780. The van der Waals surface area contributed by atoms with Gasteiger partial charge in [0.1, 0.15) is 0 Å². The fourth-order valence-corrected chi connectivity index (χ4v) is 1.49. The Bertz CT molecular complexity index is 245. The number of hydrogen-bond acceptors (Lipinski definition) is 0. The first-order chi connectivity index (χ1) is 7.02. The van der Waals surface area contributed by atoms with Crippen molar-refractivity contribution in [2.75, 3.05) is 0 Å². The van der Waals surface area contributed by atoms with Crippen LogP contribution in [0.15, 0.2) is 36.5 Å². The van der Waals surface area contributed by atoms with E-state index in [1.54, 1.807) is 0 Å². The van der Waals surface area contributed by atoms with Crippen molar-refractivity contribution in [3.05, 3.63) is 36.5 Å². The highest BCUT2D eigenvalue weighted by Crippen LogP contribution is 2.29. The number of allylic oxidation sites excluding steroid dienone is 4. The fraction of sp³-hybridized carbons (Fsp3) is 0.600. The Balaban J connectivity index is 4.59. The molecular weight excluding hydrogens is 180 g/mol. The van der Waals surface area contributed by atoms with E-state index in [0.717, 1.165) is 25.7 Å². The van der Waals surface area contributed by atoms with Crippen LogP contribution in [0.25, 0.3) is 0 Å². The van der Waals surface area contributed by atoms with Gasteiger partial charge in [0, 0.05) is 0 Å². The van der Waals surface area contributed by atoms with Crippen LogP contribution in [0.2, 0.25) is 0 Å². The van der Waals surface area contributed by atoms with Gasteiger partial charge in [0.2, 0.25) is 0 Å². The smallest absolute Gasteiger partial charge is 0.0117 e. The third-order valence-corrected chi connectivity index (χ3v) is 3.38. The number of hydrogen-bond donors (Lipinski definition) is 0. The summed E-state index contributed by atoms with van der Waals surface area (Å²) in [5.41, 5.74) is 2.94. The van der Waals surface area contributed by atoms with Gasteiger partial charge in [0.25, 0.3) is 0 Å². The van der Waals surface area contributed by atoms with Crippen molar-refractivity contribution < 1.29 is 0 Å². The SMILES string of the molecule is C=CC(C)(CC)C/C=C(\CC)C(=C)CC. The van der Waals surface area contributed by atoms with Crippen molar-refractivity contribution in [3.8, 4) is 0 Å². The van der Waals surface area contributed by atoms with Gasteiger partial charge in [0.15, 0.2) is 0 Å². The molecule has 1 unspecified atom stereocenters. The molecule has 0 aliphatic rings. The highest BCUT2D eigenvalue weighted by Gasteiger charge is 2.15. The first-order valence-corrected chi connectivity index (χ1v) is 6.03. The Morgan fingerprint density at radius 3 is 2.13 bits per heavy atom. The van der Waals surface area contributed by atoms with Gasteiger partial charge in [-0.2, -0.15) is 0 Å². The summed E-state index contributed by atoms with van der Waals surface area (Å²) >= 11 is 0. The molecule has 0 fully saturated rings. The molecule has 15 heavy (non-hydrogen) atoms. The van der Waals surface area contributed by atoms with E-state index in [9.17, 15) is 0 Å². The average molecular weight is 206 g/mol. The van der Waals surface area contributed by atoms with E-state index in [4.69, 9.17) is 0 Å². The zero-order valence-electron chi connectivity index (χ0n) is 10.9. The topological polar surface area (TPSA) is 0 Å². The summed E-state index contributed by atoms with van der Waals surface area (Å²) in [4.78, 5) is 0. The van der Waals surface area contributed by atoms with E-state index in [2.05, 4.69) is 53.0 Å². The zero-order valence-corrected chi connectivity index (χ0v) is 10.9. The summed E-state index contributed by atoms with van der Waals surface area (Å²) in [6, 6.07) is 0. The monoisotopic (exact) mass is 206 g/mol. The molecule has 0 rings (SSSR count). The molecule has 0 N–H and O–H groups in total. The van der Waals surface area contributed by atoms with Crippen molar-refractivity contribution >= 4 is 0 Å². The molecule has 0 aromatic rings. The fourth-order valence-electron chi connectivity index (χ4n) is 1.49. The molecule has 0 nitrogen and oxygen atoms in total. The second-order valence-corrected chi connectivity index (χ2v) is 4.46. The zero-order chi connectivity index (χ0) is 11.9. The van der Waals surface area contributed by atoms with Gasteiger partial charge in [-0.3, -0.25) is 0 Å². The minimum Gasteiger partial charge on any atom is -0.103 e. The van der Waals surface area contributed by atoms with Crippen molar-refractivity contribution in [3.63, 3.8) is 0 Å². The Labute approximate surface area is 95.8 Å². The highest BCUT2D eigenvalue weighted by atomic mass is 14.2. The number of rotatable bonds is 7. The van der Waals surface area contributed by atoms with Gasteiger partial charge >= 0.3 is 0 Å². The maximum atomic E-state index is 4.10. The molecule has 0 aromatic carbocycles. The standard InChI is InChI=1S/C15H26/c1-7-13(5)14(8-2)11-12-15(6,9-3)10-4/h9,11H,3,5,7-8,10,12H2,1-2,4,6H3/b14-11+. The van der Waals surface area contributed by atoms with Gasteiger partial charge in [-0.05, 0) is 36.7 Å². The predicted octanol–water partition coefficient (Wildman–Crippen LogP) is 5.28. The Kier molecular flexibility index (Phi) is 6.31. The molecule has 0 radical (unpaired) electrons. The molecule has 0 saturated heterocycles. The van der Waals surface area contributed by atoms with Gasteiger partial charge in [-0.15, -0.1) is 6.58 Å². The molecule has 1 atom stereocenters. The van der Waals surface area contributed by atoms with Gasteiger partial charge in [-0.25, -0.2) is 0 Å². The average Bonchev–Trinajstić information content (AvgIpc) is 2.29. The van der Waals surface area contributed by atoms with Crippen LogP contribution in [0.4, 0.5) is 0 Å². The van der Waals surface area contributed by atoms with Crippen LogP contribution in [-0.4, -0.2) is 0 Å². The van der Waals surface area contributed by atoms with E-state index >= 15 is 0 Å². The summed E-state index contributed by atoms with van der Waals surface area (Å²) in [6.45, 7) is 16.9. The lowest BCUT2D eigenvalue weighted by atomic mass is 9.83. The summed E-state index contributed by atoms with van der Waals surface area (Å²) in [5, 5.41) is 0. The third-order valence-electron chi connectivity index (χ3n) is 3.38. The van der Waals surface area contributed by atoms with E-state index < -0.39 is 0 Å². The van der Waals surface area contributed by atoms with Crippen LogP contribution in [0.1, 0.15) is 53.4 Å². The molecule has 86 valence electrons. The minimum atomic E-state index is 0.244. The normalized spacial score (nSPS) is 15.9.